The number of hydrogen-bond donors (Lipinski definition) is 0. The third-order valence-corrected chi connectivity index (χ3v) is 4.10. The van der Waals surface area contributed by atoms with E-state index in [0.717, 1.165) is 18.7 Å². The lowest BCUT2D eigenvalue weighted by molar-refractivity contribution is -0.385. The van der Waals surface area contributed by atoms with Crippen LogP contribution in [0, 0.1) is 10.1 Å². The fourth-order valence-corrected chi connectivity index (χ4v) is 2.67. The first-order chi connectivity index (χ1) is 9.47. The minimum absolute atomic E-state index is 0.0878. The minimum atomic E-state index is -0.388. The molecule has 0 atom stereocenters. The number of piperazine rings is 1. The topological polar surface area (TPSA) is 66.7 Å². The van der Waals surface area contributed by atoms with Crippen molar-refractivity contribution in [2.45, 2.75) is 13.5 Å². The molecule has 20 heavy (non-hydrogen) atoms. The molecule has 1 heterocycles. The van der Waals surface area contributed by atoms with Gasteiger partial charge in [0.05, 0.1) is 9.40 Å². The van der Waals surface area contributed by atoms with Crippen LogP contribution in [0.4, 0.5) is 5.69 Å². The van der Waals surface area contributed by atoms with Crippen molar-refractivity contribution in [2.75, 3.05) is 26.2 Å². The average molecular weight is 342 g/mol. The Balaban J connectivity index is 1.99. The van der Waals surface area contributed by atoms with Crippen LogP contribution in [0.1, 0.15) is 12.5 Å². The van der Waals surface area contributed by atoms with Gasteiger partial charge >= 0.3 is 0 Å². The Morgan fingerprint density at radius 2 is 2.00 bits per heavy atom. The third-order valence-electron chi connectivity index (χ3n) is 3.43. The van der Waals surface area contributed by atoms with E-state index in [-0.39, 0.29) is 16.5 Å². The molecule has 6 nitrogen and oxygen atoms in total. The number of nitrogens with zero attached hydrogens (tertiary/aromatic N) is 3. The largest absolute Gasteiger partial charge is 0.340 e. The molecule has 7 heteroatoms. The Morgan fingerprint density at radius 3 is 2.55 bits per heavy atom. The van der Waals surface area contributed by atoms with Crippen molar-refractivity contribution in [1.29, 1.82) is 0 Å². The first-order valence-electron chi connectivity index (χ1n) is 6.38. The van der Waals surface area contributed by atoms with Gasteiger partial charge in [-0.25, -0.2) is 0 Å². The van der Waals surface area contributed by atoms with E-state index in [0.29, 0.717) is 24.1 Å². The molecule has 2 rings (SSSR count). The molecule has 0 aliphatic carbocycles. The van der Waals surface area contributed by atoms with Crippen LogP contribution in [0.15, 0.2) is 22.7 Å². The molecular formula is C13H16BrN3O3. The van der Waals surface area contributed by atoms with Crippen LogP contribution < -0.4 is 0 Å². The van der Waals surface area contributed by atoms with Gasteiger partial charge in [0.1, 0.15) is 0 Å². The molecule has 0 bridgehead atoms. The minimum Gasteiger partial charge on any atom is -0.340 e. The summed E-state index contributed by atoms with van der Waals surface area (Å²) in [5.74, 6) is 0.101. The number of carbonyl (C=O) groups excluding carboxylic acids is 1. The standard InChI is InChI=1S/C13H16BrN3O3/c1-10(18)16-6-4-15(5-7-16)9-11-2-3-12(14)13(8-11)17(19)20/h2-3,8H,4-7,9H2,1H3. The summed E-state index contributed by atoms with van der Waals surface area (Å²) in [6, 6.07) is 5.19. The summed E-state index contributed by atoms with van der Waals surface area (Å²) in [6.07, 6.45) is 0. The van der Waals surface area contributed by atoms with Crippen LogP contribution in [0.25, 0.3) is 0 Å². The van der Waals surface area contributed by atoms with E-state index in [4.69, 9.17) is 0 Å². The van der Waals surface area contributed by atoms with Crippen molar-refractivity contribution >= 4 is 27.5 Å². The van der Waals surface area contributed by atoms with Crippen molar-refractivity contribution in [1.82, 2.24) is 9.80 Å². The zero-order chi connectivity index (χ0) is 14.7. The molecule has 0 saturated carbocycles. The summed E-state index contributed by atoms with van der Waals surface area (Å²) in [7, 11) is 0. The van der Waals surface area contributed by atoms with Crippen LogP contribution in [0.2, 0.25) is 0 Å². The van der Waals surface area contributed by atoms with Gasteiger partial charge in [-0.05, 0) is 27.6 Å². The van der Waals surface area contributed by atoms with Gasteiger partial charge in [0.15, 0.2) is 0 Å². The SMILES string of the molecule is CC(=O)N1CCN(Cc2ccc(Br)c([N+](=O)[O-])c2)CC1. The van der Waals surface area contributed by atoms with Crippen LogP contribution in [-0.4, -0.2) is 46.8 Å². The van der Waals surface area contributed by atoms with Crippen molar-refractivity contribution in [3.05, 3.63) is 38.3 Å². The summed E-state index contributed by atoms with van der Waals surface area (Å²) < 4.78 is 0.493. The predicted molar refractivity (Wildman–Crippen MR) is 78.3 cm³/mol. The van der Waals surface area contributed by atoms with Crippen molar-refractivity contribution in [2.24, 2.45) is 0 Å². The maximum atomic E-state index is 11.2. The van der Waals surface area contributed by atoms with Crippen LogP contribution >= 0.6 is 15.9 Å². The quantitative estimate of drug-likeness (QED) is 0.623. The van der Waals surface area contributed by atoms with E-state index >= 15 is 0 Å². The number of amides is 1. The second-order valence-electron chi connectivity index (χ2n) is 4.83. The summed E-state index contributed by atoms with van der Waals surface area (Å²) in [5.41, 5.74) is 1.00. The molecule has 0 radical (unpaired) electrons. The average Bonchev–Trinajstić information content (AvgIpc) is 2.41. The van der Waals surface area contributed by atoms with Gasteiger partial charge in [-0.15, -0.1) is 0 Å². The van der Waals surface area contributed by atoms with E-state index in [2.05, 4.69) is 20.8 Å². The highest BCUT2D eigenvalue weighted by Gasteiger charge is 2.19. The highest BCUT2D eigenvalue weighted by Crippen LogP contribution is 2.26. The smallest absolute Gasteiger partial charge is 0.283 e. The summed E-state index contributed by atoms with van der Waals surface area (Å²) >= 11 is 3.18. The molecule has 0 unspecified atom stereocenters. The van der Waals surface area contributed by atoms with E-state index < -0.39 is 0 Å². The molecule has 1 saturated heterocycles. The first kappa shape index (κ1) is 14.9. The molecule has 0 aromatic heterocycles. The lowest BCUT2D eigenvalue weighted by Gasteiger charge is -2.34. The molecule has 1 aliphatic heterocycles. The highest BCUT2D eigenvalue weighted by molar-refractivity contribution is 9.10. The van der Waals surface area contributed by atoms with Gasteiger partial charge in [-0.1, -0.05) is 6.07 Å². The Labute approximate surface area is 125 Å². The number of nitro benzene ring substituents is 1. The van der Waals surface area contributed by atoms with Gasteiger partial charge in [-0.3, -0.25) is 19.8 Å². The van der Waals surface area contributed by atoms with Crippen LogP contribution in [0.3, 0.4) is 0 Å². The van der Waals surface area contributed by atoms with Gasteiger partial charge in [0.2, 0.25) is 5.91 Å². The monoisotopic (exact) mass is 341 g/mol. The number of nitro groups is 1. The molecule has 1 amide bonds. The van der Waals surface area contributed by atoms with Gasteiger partial charge in [0, 0.05) is 45.7 Å². The normalized spacial score (nSPS) is 16.2. The summed E-state index contributed by atoms with van der Waals surface area (Å²) in [4.78, 5) is 25.8. The van der Waals surface area contributed by atoms with E-state index in [1.165, 1.54) is 0 Å². The van der Waals surface area contributed by atoms with Gasteiger partial charge < -0.3 is 4.90 Å². The van der Waals surface area contributed by atoms with E-state index in [9.17, 15) is 14.9 Å². The van der Waals surface area contributed by atoms with Crippen molar-refractivity contribution < 1.29 is 9.72 Å². The van der Waals surface area contributed by atoms with E-state index in [1.54, 1.807) is 19.1 Å². The number of rotatable bonds is 3. The van der Waals surface area contributed by atoms with E-state index in [1.807, 2.05) is 11.0 Å². The lowest BCUT2D eigenvalue weighted by atomic mass is 10.1. The van der Waals surface area contributed by atoms with Gasteiger partial charge in [0.25, 0.3) is 5.69 Å². The maximum absolute atomic E-state index is 11.2. The Bertz CT molecular complexity index is 528. The highest BCUT2D eigenvalue weighted by atomic mass is 79.9. The fourth-order valence-electron chi connectivity index (χ4n) is 2.28. The third kappa shape index (κ3) is 3.55. The maximum Gasteiger partial charge on any atom is 0.283 e. The summed E-state index contributed by atoms with van der Waals surface area (Å²) in [5, 5.41) is 10.9. The second-order valence-corrected chi connectivity index (χ2v) is 5.68. The fraction of sp³-hybridized carbons (Fsp3) is 0.462. The molecular weight excluding hydrogens is 326 g/mol. The molecule has 108 valence electrons. The zero-order valence-electron chi connectivity index (χ0n) is 11.2. The van der Waals surface area contributed by atoms with Crippen molar-refractivity contribution in [3.8, 4) is 0 Å². The Morgan fingerprint density at radius 1 is 1.35 bits per heavy atom. The lowest BCUT2D eigenvalue weighted by Crippen LogP contribution is -2.47. The second kappa shape index (κ2) is 6.32. The zero-order valence-corrected chi connectivity index (χ0v) is 12.8. The number of hydrogen-bond acceptors (Lipinski definition) is 4. The predicted octanol–water partition coefficient (Wildman–Crippen LogP) is 2.02. The Hall–Kier alpha value is -1.47. The molecule has 1 aromatic rings. The number of benzene rings is 1. The van der Waals surface area contributed by atoms with Crippen molar-refractivity contribution in [3.63, 3.8) is 0 Å². The number of halogens is 1. The molecule has 0 N–H and O–H groups in total. The van der Waals surface area contributed by atoms with Gasteiger partial charge in [-0.2, -0.15) is 0 Å². The summed E-state index contributed by atoms with van der Waals surface area (Å²) in [6.45, 7) is 5.27. The Kier molecular flexibility index (Phi) is 4.72. The molecule has 1 aliphatic rings. The first-order valence-corrected chi connectivity index (χ1v) is 7.17. The molecule has 1 fully saturated rings. The molecule has 1 aromatic carbocycles. The molecule has 0 spiro atoms. The van der Waals surface area contributed by atoms with Crippen LogP contribution in [0.5, 0.6) is 0 Å². The number of carbonyl (C=O) groups is 1. The van der Waals surface area contributed by atoms with Crippen LogP contribution in [-0.2, 0) is 11.3 Å².